The fourth-order valence-corrected chi connectivity index (χ4v) is 3.17. The lowest BCUT2D eigenvalue weighted by Gasteiger charge is -2.40. The molecule has 1 fully saturated rings. The first-order valence-corrected chi connectivity index (χ1v) is 9.29. The van der Waals surface area contributed by atoms with Crippen molar-refractivity contribution in [2.24, 2.45) is 13.0 Å². The molecule has 28 heavy (non-hydrogen) atoms. The molecule has 2 N–H and O–H groups in total. The molecule has 1 saturated heterocycles. The summed E-state index contributed by atoms with van der Waals surface area (Å²) in [5, 5.41) is 12.8. The van der Waals surface area contributed by atoms with Crippen LogP contribution in [0.15, 0.2) is 36.7 Å². The van der Waals surface area contributed by atoms with Gasteiger partial charge in [-0.05, 0) is 17.7 Å². The third kappa shape index (κ3) is 4.23. The molecule has 150 valence electrons. The van der Waals surface area contributed by atoms with Gasteiger partial charge in [0.1, 0.15) is 18.5 Å². The SMILES string of the molecule is CC(C)C(=O)Nc1ccc(C2OCC(=O)N(Cc3nccn3C)C2CO)cc1. The van der Waals surface area contributed by atoms with Gasteiger partial charge >= 0.3 is 0 Å². The number of carbonyl (C=O) groups excluding carboxylic acids is 2. The van der Waals surface area contributed by atoms with E-state index >= 15 is 0 Å². The number of aliphatic hydroxyl groups is 1. The number of carbonyl (C=O) groups is 2. The Kier molecular flexibility index (Phi) is 6.11. The maximum absolute atomic E-state index is 12.4. The number of hydrogen-bond acceptors (Lipinski definition) is 5. The van der Waals surface area contributed by atoms with Crippen LogP contribution >= 0.6 is 0 Å². The van der Waals surface area contributed by atoms with E-state index in [4.69, 9.17) is 4.74 Å². The van der Waals surface area contributed by atoms with Crippen LogP contribution in [-0.2, 0) is 27.9 Å². The van der Waals surface area contributed by atoms with Gasteiger partial charge in [0.25, 0.3) is 0 Å². The van der Waals surface area contributed by atoms with Crippen LogP contribution in [0, 0.1) is 5.92 Å². The first kappa shape index (κ1) is 20.0. The van der Waals surface area contributed by atoms with Crippen LogP contribution in [0.5, 0.6) is 0 Å². The zero-order chi connectivity index (χ0) is 20.3. The molecule has 1 aliphatic rings. The van der Waals surface area contributed by atoms with Crippen molar-refractivity contribution in [3.63, 3.8) is 0 Å². The number of morpholine rings is 1. The molecule has 1 aromatic heterocycles. The predicted molar refractivity (Wildman–Crippen MR) is 103 cm³/mol. The molecule has 2 atom stereocenters. The summed E-state index contributed by atoms with van der Waals surface area (Å²) >= 11 is 0. The highest BCUT2D eigenvalue weighted by Gasteiger charge is 2.37. The summed E-state index contributed by atoms with van der Waals surface area (Å²) in [6.07, 6.45) is 3.03. The van der Waals surface area contributed by atoms with E-state index in [0.29, 0.717) is 12.2 Å². The van der Waals surface area contributed by atoms with Crippen molar-refractivity contribution in [1.82, 2.24) is 14.5 Å². The van der Waals surface area contributed by atoms with Gasteiger partial charge in [0.05, 0.1) is 19.2 Å². The van der Waals surface area contributed by atoms with Crippen molar-refractivity contribution in [3.8, 4) is 0 Å². The number of ether oxygens (including phenoxy) is 1. The molecule has 2 aromatic rings. The Balaban J connectivity index is 1.78. The van der Waals surface area contributed by atoms with Gasteiger partial charge in [-0.1, -0.05) is 26.0 Å². The molecule has 0 bridgehead atoms. The van der Waals surface area contributed by atoms with E-state index in [1.807, 2.05) is 43.8 Å². The number of hydrogen-bond donors (Lipinski definition) is 2. The predicted octanol–water partition coefficient (Wildman–Crippen LogP) is 1.48. The third-order valence-corrected chi connectivity index (χ3v) is 4.91. The Morgan fingerprint density at radius 1 is 1.36 bits per heavy atom. The van der Waals surface area contributed by atoms with E-state index < -0.39 is 12.1 Å². The van der Waals surface area contributed by atoms with E-state index in [0.717, 1.165) is 11.4 Å². The zero-order valence-electron chi connectivity index (χ0n) is 16.3. The number of rotatable bonds is 6. The standard InChI is InChI=1S/C20H26N4O4/c1-13(2)20(27)22-15-6-4-14(5-7-15)19-16(11-25)24(18(26)12-28-19)10-17-21-8-9-23(17)3/h4-9,13,16,19,25H,10-12H2,1-3H3,(H,22,27). The first-order chi connectivity index (χ1) is 13.4. The van der Waals surface area contributed by atoms with Gasteiger partial charge < -0.3 is 24.6 Å². The van der Waals surface area contributed by atoms with Crippen LogP contribution < -0.4 is 5.32 Å². The van der Waals surface area contributed by atoms with Crippen LogP contribution in [0.1, 0.15) is 31.3 Å². The fourth-order valence-electron chi connectivity index (χ4n) is 3.17. The quantitative estimate of drug-likeness (QED) is 0.784. The number of nitrogens with one attached hydrogen (secondary N) is 1. The summed E-state index contributed by atoms with van der Waals surface area (Å²) in [5.41, 5.74) is 1.53. The zero-order valence-corrected chi connectivity index (χ0v) is 16.3. The summed E-state index contributed by atoms with van der Waals surface area (Å²) in [5.74, 6) is 0.394. The normalized spacial score (nSPS) is 19.9. The number of imidazole rings is 1. The minimum Gasteiger partial charge on any atom is -0.394 e. The van der Waals surface area contributed by atoms with Crippen LogP contribution in [0.2, 0.25) is 0 Å². The molecular formula is C20H26N4O4. The Morgan fingerprint density at radius 3 is 2.64 bits per heavy atom. The monoisotopic (exact) mass is 386 g/mol. The molecule has 0 aliphatic carbocycles. The van der Waals surface area contributed by atoms with Crippen molar-refractivity contribution in [2.75, 3.05) is 18.5 Å². The molecule has 8 heteroatoms. The van der Waals surface area contributed by atoms with Crippen molar-refractivity contribution >= 4 is 17.5 Å². The summed E-state index contributed by atoms with van der Waals surface area (Å²) in [6, 6.07) is 6.77. The number of aromatic nitrogens is 2. The molecule has 0 saturated carbocycles. The number of amides is 2. The smallest absolute Gasteiger partial charge is 0.249 e. The summed E-state index contributed by atoms with van der Waals surface area (Å²) in [6.45, 7) is 3.68. The third-order valence-electron chi connectivity index (χ3n) is 4.91. The van der Waals surface area contributed by atoms with Crippen LogP contribution in [0.3, 0.4) is 0 Å². The van der Waals surface area contributed by atoms with Crippen LogP contribution in [-0.4, -0.2) is 50.6 Å². The first-order valence-electron chi connectivity index (χ1n) is 9.29. The highest BCUT2D eigenvalue weighted by molar-refractivity contribution is 5.92. The van der Waals surface area contributed by atoms with Crippen molar-refractivity contribution in [2.45, 2.75) is 32.5 Å². The number of nitrogens with zero attached hydrogens (tertiary/aromatic N) is 3. The van der Waals surface area contributed by atoms with Crippen molar-refractivity contribution < 1.29 is 19.4 Å². The average Bonchev–Trinajstić information content (AvgIpc) is 3.08. The van der Waals surface area contributed by atoms with Gasteiger partial charge in [-0.25, -0.2) is 4.98 Å². The highest BCUT2D eigenvalue weighted by atomic mass is 16.5. The maximum atomic E-state index is 12.4. The van der Waals surface area contributed by atoms with Gasteiger partial charge in [0.15, 0.2) is 0 Å². The van der Waals surface area contributed by atoms with Gasteiger partial charge in [-0.3, -0.25) is 9.59 Å². The van der Waals surface area contributed by atoms with E-state index in [9.17, 15) is 14.7 Å². The minimum atomic E-state index is -0.519. The lowest BCUT2D eigenvalue weighted by molar-refractivity contribution is -0.162. The number of benzene rings is 1. The summed E-state index contributed by atoms with van der Waals surface area (Å²) in [4.78, 5) is 30.1. The Hall–Kier alpha value is -2.71. The lowest BCUT2D eigenvalue weighted by atomic mass is 9.99. The second kappa shape index (κ2) is 8.53. The molecular weight excluding hydrogens is 360 g/mol. The molecule has 1 aromatic carbocycles. The van der Waals surface area contributed by atoms with E-state index in [-0.39, 0.29) is 30.9 Å². The van der Waals surface area contributed by atoms with Gasteiger partial charge in [-0.15, -0.1) is 0 Å². The van der Waals surface area contributed by atoms with Crippen molar-refractivity contribution in [3.05, 3.63) is 48.0 Å². The lowest BCUT2D eigenvalue weighted by Crippen LogP contribution is -2.52. The number of aryl methyl sites for hydroxylation is 1. The molecule has 8 nitrogen and oxygen atoms in total. The summed E-state index contributed by atoms with van der Waals surface area (Å²) < 4.78 is 7.60. The van der Waals surface area contributed by atoms with Gasteiger partial charge in [0.2, 0.25) is 11.8 Å². The molecule has 2 unspecified atom stereocenters. The molecule has 2 amide bonds. The van der Waals surface area contributed by atoms with Crippen molar-refractivity contribution in [1.29, 1.82) is 0 Å². The molecule has 1 aliphatic heterocycles. The van der Waals surface area contributed by atoms with E-state index in [2.05, 4.69) is 10.3 Å². The Labute approximate surface area is 164 Å². The Bertz CT molecular complexity index is 831. The molecule has 2 heterocycles. The highest BCUT2D eigenvalue weighted by Crippen LogP contribution is 2.30. The largest absolute Gasteiger partial charge is 0.394 e. The number of aliphatic hydroxyl groups excluding tert-OH is 1. The molecule has 0 radical (unpaired) electrons. The average molecular weight is 386 g/mol. The van der Waals surface area contributed by atoms with Crippen LogP contribution in [0.25, 0.3) is 0 Å². The van der Waals surface area contributed by atoms with Gasteiger partial charge in [-0.2, -0.15) is 0 Å². The Morgan fingerprint density at radius 2 is 2.07 bits per heavy atom. The topological polar surface area (TPSA) is 96.7 Å². The summed E-state index contributed by atoms with van der Waals surface area (Å²) in [7, 11) is 1.86. The maximum Gasteiger partial charge on any atom is 0.249 e. The van der Waals surface area contributed by atoms with Crippen LogP contribution in [0.4, 0.5) is 5.69 Å². The second-order valence-electron chi connectivity index (χ2n) is 7.22. The molecule has 0 spiro atoms. The minimum absolute atomic E-state index is 0.0539. The van der Waals surface area contributed by atoms with Gasteiger partial charge in [0, 0.05) is 31.0 Å². The second-order valence-corrected chi connectivity index (χ2v) is 7.22. The number of anilines is 1. The van der Waals surface area contributed by atoms with E-state index in [1.165, 1.54) is 0 Å². The molecule has 3 rings (SSSR count). The fraction of sp³-hybridized carbons (Fsp3) is 0.450. The van der Waals surface area contributed by atoms with E-state index in [1.54, 1.807) is 23.2 Å².